The molecule has 1 aliphatic rings. The van der Waals surface area contributed by atoms with Gasteiger partial charge in [-0.2, -0.15) is 0 Å². The van der Waals surface area contributed by atoms with Gasteiger partial charge in [0.2, 0.25) is 10.0 Å². The van der Waals surface area contributed by atoms with E-state index in [0.29, 0.717) is 5.92 Å². The summed E-state index contributed by atoms with van der Waals surface area (Å²) in [4.78, 5) is 4.02. The zero-order valence-electron chi connectivity index (χ0n) is 11.9. The fourth-order valence-electron chi connectivity index (χ4n) is 2.91. The minimum Gasteiger partial charge on any atom is -0.384 e. The monoisotopic (exact) mass is 297 g/mol. The molecular formula is C14H23N3O2S. The number of nitrogens with one attached hydrogen (secondary N) is 1. The molecule has 0 bridgehead atoms. The third-order valence-corrected chi connectivity index (χ3v) is 5.52. The summed E-state index contributed by atoms with van der Waals surface area (Å²) in [5.41, 5.74) is 5.56. The van der Waals surface area contributed by atoms with Crippen molar-refractivity contribution in [2.45, 2.75) is 56.4 Å². The van der Waals surface area contributed by atoms with Crippen LogP contribution in [0.25, 0.3) is 0 Å². The number of hydrogen-bond donors (Lipinski definition) is 2. The second-order valence-corrected chi connectivity index (χ2v) is 7.16. The van der Waals surface area contributed by atoms with Crippen LogP contribution in [0, 0.1) is 5.92 Å². The average molecular weight is 297 g/mol. The van der Waals surface area contributed by atoms with Crippen molar-refractivity contribution in [3.05, 3.63) is 18.3 Å². The highest BCUT2D eigenvalue weighted by molar-refractivity contribution is 7.89. The predicted molar refractivity (Wildman–Crippen MR) is 79.6 cm³/mol. The van der Waals surface area contributed by atoms with E-state index in [1.54, 1.807) is 0 Å². The molecule has 1 atom stereocenters. The van der Waals surface area contributed by atoms with Gasteiger partial charge in [-0.25, -0.2) is 18.1 Å². The minimum absolute atomic E-state index is 0.00897. The fourth-order valence-corrected chi connectivity index (χ4v) is 4.32. The van der Waals surface area contributed by atoms with Crippen LogP contribution in [-0.4, -0.2) is 19.4 Å². The second-order valence-electron chi connectivity index (χ2n) is 5.45. The lowest BCUT2D eigenvalue weighted by Gasteiger charge is -2.30. The molecule has 3 N–H and O–H groups in total. The van der Waals surface area contributed by atoms with E-state index >= 15 is 0 Å². The molecule has 0 radical (unpaired) electrons. The van der Waals surface area contributed by atoms with E-state index in [4.69, 9.17) is 5.73 Å². The first-order chi connectivity index (χ1) is 9.53. The Kier molecular flexibility index (Phi) is 4.99. The summed E-state index contributed by atoms with van der Waals surface area (Å²) in [5.74, 6) is 0.668. The third-order valence-electron chi connectivity index (χ3n) is 4.03. The van der Waals surface area contributed by atoms with Gasteiger partial charge in [0.1, 0.15) is 5.82 Å². The van der Waals surface area contributed by atoms with Crippen molar-refractivity contribution in [2.24, 2.45) is 5.92 Å². The summed E-state index contributed by atoms with van der Waals surface area (Å²) in [6, 6.07) is 2.89. The molecule has 1 saturated carbocycles. The molecule has 1 heterocycles. The summed E-state index contributed by atoms with van der Waals surface area (Å²) in [7, 11) is -3.51. The van der Waals surface area contributed by atoms with Gasteiger partial charge in [0.15, 0.2) is 0 Å². The smallest absolute Gasteiger partial charge is 0.241 e. The SMILES string of the molecule is CCC(NS(=O)(=O)c1ccnc(N)c1)C1CCCCC1. The minimum atomic E-state index is -3.51. The Morgan fingerprint density at radius 1 is 1.40 bits per heavy atom. The van der Waals surface area contributed by atoms with Gasteiger partial charge in [0.25, 0.3) is 0 Å². The molecule has 0 aromatic carbocycles. The van der Waals surface area contributed by atoms with Crippen LogP contribution in [0.4, 0.5) is 5.82 Å². The van der Waals surface area contributed by atoms with Crippen molar-refractivity contribution < 1.29 is 8.42 Å². The largest absolute Gasteiger partial charge is 0.384 e. The Labute approximate surface area is 121 Å². The molecule has 0 saturated heterocycles. The molecule has 0 spiro atoms. The van der Waals surface area contributed by atoms with Gasteiger partial charge in [-0.3, -0.25) is 0 Å². The Hall–Kier alpha value is -1.14. The van der Waals surface area contributed by atoms with Gasteiger partial charge in [0.05, 0.1) is 4.90 Å². The van der Waals surface area contributed by atoms with Crippen molar-refractivity contribution in [3.8, 4) is 0 Å². The number of sulfonamides is 1. The van der Waals surface area contributed by atoms with Crippen LogP contribution in [0.1, 0.15) is 45.4 Å². The number of pyridine rings is 1. The van der Waals surface area contributed by atoms with Crippen molar-refractivity contribution in [1.29, 1.82) is 0 Å². The van der Waals surface area contributed by atoms with Crippen molar-refractivity contribution in [3.63, 3.8) is 0 Å². The Morgan fingerprint density at radius 3 is 2.70 bits per heavy atom. The Balaban J connectivity index is 2.13. The van der Waals surface area contributed by atoms with E-state index in [1.165, 1.54) is 37.6 Å². The summed E-state index contributed by atoms with van der Waals surface area (Å²) in [6.45, 7) is 2.03. The number of hydrogen-bond acceptors (Lipinski definition) is 4. The number of anilines is 1. The number of nitrogens with two attached hydrogens (primary N) is 1. The molecule has 0 amide bonds. The van der Waals surface area contributed by atoms with Crippen LogP contribution in [0.15, 0.2) is 23.2 Å². The molecular weight excluding hydrogens is 274 g/mol. The van der Waals surface area contributed by atoms with Crippen molar-refractivity contribution >= 4 is 15.8 Å². The van der Waals surface area contributed by atoms with E-state index in [1.807, 2.05) is 6.92 Å². The molecule has 1 unspecified atom stereocenters. The van der Waals surface area contributed by atoms with Gasteiger partial charge in [-0.15, -0.1) is 0 Å². The standard InChI is InChI=1S/C14H23N3O2S/c1-2-13(11-6-4-3-5-7-11)17-20(18,19)12-8-9-16-14(15)10-12/h8-11,13,17H,2-7H2,1H3,(H2,15,16). The van der Waals surface area contributed by atoms with E-state index in [2.05, 4.69) is 9.71 Å². The van der Waals surface area contributed by atoms with Crippen LogP contribution in [0.3, 0.4) is 0 Å². The lowest BCUT2D eigenvalue weighted by atomic mass is 9.83. The highest BCUT2D eigenvalue weighted by Gasteiger charge is 2.27. The summed E-state index contributed by atoms with van der Waals surface area (Å²) in [6.07, 6.45) is 8.12. The van der Waals surface area contributed by atoms with Gasteiger partial charge in [-0.05, 0) is 31.2 Å². The first kappa shape index (κ1) is 15.3. The number of rotatable bonds is 5. The molecule has 1 aliphatic carbocycles. The molecule has 112 valence electrons. The maximum Gasteiger partial charge on any atom is 0.241 e. The average Bonchev–Trinajstić information content (AvgIpc) is 2.46. The molecule has 1 aromatic heterocycles. The molecule has 20 heavy (non-hydrogen) atoms. The fraction of sp³-hybridized carbons (Fsp3) is 0.643. The molecule has 6 heteroatoms. The first-order valence-corrected chi connectivity index (χ1v) is 8.75. The summed E-state index contributed by atoms with van der Waals surface area (Å²) >= 11 is 0. The molecule has 5 nitrogen and oxygen atoms in total. The van der Waals surface area contributed by atoms with E-state index in [9.17, 15) is 8.42 Å². The van der Waals surface area contributed by atoms with Crippen LogP contribution in [-0.2, 0) is 10.0 Å². The Bertz CT molecular complexity index is 539. The van der Waals surface area contributed by atoms with E-state index in [-0.39, 0.29) is 16.8 Å². The van der Waals surface area contributed by atoms with Gasteiger partial charge < -0.3 is 5.73 Å². The van der Waals surface area contributed by atoms with Crippen LogP contribution >= 0.6 is 0 Å². The maximum atomic E-state index is 12.4. The topological polar surface area (TPSA) is 85.1 Å². The predicted octanol–water partition coefficient (Wildman–Crippen LogP) is 2.30. The van der Waals surface area contributed by atoms with E-state index in [0.717, 1.165) is 19.3 Å². The number of nitrogen functional groups attached to an aromatic ring is 1. The molecule has 1 aromatic rings. The highest BCUT2D eigenvalue weighted by atomic mass is 32.2. The van der Waals surface area contributed by atoms with Gasteiger partial charge >= 0.3 is 0 Å². The lowest BCUT2D eigenvalue weighted by Crippen LogP contribution is -2.40. The third kappa shape index (κ3) is 3.70. The Morgan fingerprint density at radius 2 is 2.10 bits per heavy atom. The second kappa shape index (κ2) is 6.54. The van der Waals surface area contributed by atoms with Crippen LogP contribution in [0.2, 0.25) is 0 Å². The molecule has 0 aliphatic heterocycles. The van der Waals surface area contributed by atoms with Gasteiger partial charge in [-0.1, -0.05) is 26.2 Å². The van der Waals surface area contributed by atoms with Gasteiger partial charge in [0, 0.05) is 18.3 Å². The number of aromatic nitrogens is 1. The zero-order chi connectivity index (χ0) is 14.6. The van der Waals surface area contributed by atoms with Crippen molar-refractivity contribution in [1.82, 2.24) is 9.71 Å². The molecule has 2 rings (SSSR count). The normalized spacial score (nSPS) is 18.9. The first-order valence-electron chi connectivity index (χ1n) is 7.27. The number of nitrogens with zero attached hydrogens (tertiary/aromatic N) is 1. The van der Waals surface area contributed by atoms with Crippen LogP contribution in [0.5, 0.6) is 0 Å². The summed E-state index contributed by atoms with van der Waals surface area (Å²) < 4.78 is 27.6. The highest BCUT2D eigenvalue weighted by Crippen LogP contribution is 2.28. The molecule has 1 fully saturated rings. The van der Waals surface area contributed by atoms with Crippen LogP contribution < -0.4 is 10.5 Å². The van der Waals surface area contributed by atoms with Crippen molar-refractivity contribution in [2.75, 3.05) is 5.73 Å². The lowest BCUT2D eigenvalue weighted by molar-refractivity contribution is 0.285. The zero-order valence-corrected chi connectivity index (χ0v) is 12.7. The maximum absolute atomic E-state index is 12.4. The summed E-state index contributed by atoms with van der Waals surface area (Å²) in [5, 5.41) is 0. The van der Waals surface area contributed by atoms with E-state index < -0.39 is 10.0 Å². The quantitative estimate of drug-likeness (QED) is 0.873.